The summed E-state index contributed by atoms with van der Waals surface area (Å²) < 4.78 is 74.5. The van der Waals surface area contributed by atoms with Gasteiger partial charge in [-0.3, -0.25) is 9.78 Å². The van der Waals surface area contributed by atoms with Crippen LogP contribution in [0.4, 0.5) is 13.2 Å². The first kappa shape index (κ1) is 25.9. The molecule has 198 valence electrons. The van der Waals surface area contributed by atoms with E-state index in [4.69, 9.17) is 4.42 Å². The minimum absolute atomic E-state index is 0.124. The lowest BCUT2D eigenvalue weighted by atomic mass is 10.0. The third kappa shape index (κ3) is 5.58. The Labute approximate surface area is 216 Å². The van der Waals surface area contributed by atoms with Crippen LogP contribution >= 0.6 is 0 Å². The molecule has 1 unspecified atom stereocenters. The van der Waals surface area contributed by atoms with Gasteiger partial charge in [-0.1, -0.05) is 18.2 Å². The van der Waals surface area contributed by atoms with Crippen LogP contribution in [-0.2, 0) is 21.2 Å². The van der Waals surface area contributed by atoms with Gasteiger partial charge >= 0.3 is 6.36 Å². The Kier molecular flexibility index (Phi) is 6.97. The minimum Gasteiger partial charge on any atom is -0.443 e. The predicted octanol–water partition coefficient (Wildman–Crippen LogP) is 5.75. The van der Waals surface area contributed by atoms with Crippen molar-refractivity contribution >= 4 is 26.8 Å². The van der Waals surface area contributed by atoms with E-state index in [9.17, 15) is 26.4 Å². The number of aromatic nitrogens is 1. The highest BCUT2D eigenvalue weighted by molar-refractivity contribution is 7.89. The molecule has 5 rings (SSSR count). The van der Waals surface area contributed by atoms with Crippen LogP contribution in [0, 0.1) is 0 Å². The number of furan rings is 1. The molecule has 1 saturated heterocycles. The van der Waals surface area contributed by atoms with Gasteiger partial charge in [0, 0.05) is 36.2 Å². The number of rotatable bonds is 8. The van der Waals surface area contributed by atoms with Crippen LogP contribution in [0.1, 0.15) is 24.8 Å². The molecule has 7 nitrogen and oxygen atoms in total. The fourth-order valence-corrected chi connectivity index (χ4v) is 6.23. The lowest BCUT2D eigenvalue weighted by molar-refractivity contribution is -0.274. The van der Waals surface area contributed by atoms with Gasteiger partial charge in [0.2, 0.25) is 5.09 Å². The van der Waals surface area contributed by atoms with E-state index in [1.165, 1.54) is 34.6 Å². The highest BCUT2D eigenvalue weighted by Gasteiger charge is 2.40. The van der Waals surface area contributed by atoms with E-state index in [1.807, 2.05) is 0 Å². The monoisotopic (exact) mass is 544 g/mol. The molecular weight excluding hydrogens is 521 g/mol. The molecule has 1 aliphatic rings. The number of pyridine rings is 1. The van der Waals surface area contributed by atoms with Gasteiger partial charge in [-0.2, -0.15) is 4.31 Å². The summed E-state index contributed by atoms with van der Waals surface area (Å²) in [5.41, 5.74) is 2.38. The number of halogens is 3. The molecule has 0 saturated carbocycles. The van der Waals surface area contributed by atoms with E-state index >= 15 is 0 Å². The molecule has 38 heavy (non-hydrogen) atoms. The second-order valence-electron chi connectivity index (χ2n) is 8.96. The number of sulfonamides is 1. The summed E-state index contributed by atoms with van der Waals surface area (Å²) >= 11 is 0. The fourth-order valence-electron chi connectivity index (χ4n) is 4.60. The number of aryl methyl sites for hydroxylation is 1. The van der Waals surface area contributed by atoms with Gasteiger partial charge in [0.15, 0.2) is 5.78 Å². The Morgan fingerprint density at radius 3 is 2.58 bits per heavy atom. The molecule has 0 N–H and O–H groups in total. The van der Waals surface area contributed by atoms with Crippen LogP contribution in [0.3, 0.4) is 0 Å². The van der Waals surface area contributed by atoms with Crippen LogP contribution < -0.4 is 4.74 Å². The normalized spacial score (nSPS) is 16.7. The fraction of sp³-hybridized carbons (Fsp3) is 0.259. The average Bonchev–Trinajstić information content (AvgIpc) is 3.55. The summed E-state index contributed by atoms with van der Waals surface area (Å²) in [6.07, 6.45) is -1.72. The van der Waals surface area contributed by atoms with E-state index in [-0.39, 0.29) is 29.6 Å². The molecular formula is C27H23F3N2O5S. The zero-order valence-electron chi connectivity index (χ0n) is 20.0. The van der Waals surface area contributed by atoms with Crippen molar-refractivity contribution in [2.75, 3.05) is 6.54 Å². The lowest BCUT2D eigenvalue weighted by Crippen LogP contribution is -2.40. The third-order valence-electron chi connectivity index (χ3n) is 6.41. The van der Waals surface area contributed by atoms with Crippen LogP contribution in [0.15, 0.2) is 82.4 Å². The molecule has 0 bridgehead atoms. The topological polar surface area (TPSA) is 89.7 Å². The molecule has 0 aliphatic carbocycles. The van der Waals surface area contributed by atoms with Crippen molar-refractivity contribution in [3.05, 3.63) is 78.5 Å². The number of nitrogens with zero attached hydrogens (tertiary/aromatic N) is 2. The average molecular weight is 545 g/mol. The van der Waals surface area contributed by atoms with Crippen LogP contribution in [0.25, 0.3) is 22.2 Å². The first-order chi connectivity index (χ1) is 18.1. The molecule has 3 heterocycles. The first-order valence-electron chi connectivity index (χ1n) is 11.9. The molecule has 1 atom stereocenters. The van der Waals surface area contributed by atoms with Crippen molar-refractivity contribution in [2.45, 2.75) is 43.2 Å². The highest BCUT2D eigenvalue weighted by atomic mass is 32.2. The van der Waals surface area contributed by atoms with Crippen molar-refractivity contribution in [1.82, 2.24) is 9.29 Å². The van der Waals surface area contributed by atoms with Gasteiger partial charge in [-0.05, 0) is 67.3 Å². The minimum atomic E-state index is -4.77. The van der Waals surface area contributed by atoms with E-state index < -0.39 is 22.4 Å². The second kappa shape index (κ2) is 10.2. The van der Waals surface area contributed by atoms with E-state index in [0.29, 0.717) is 41.5 Å². The number of hydrogen-bond acceptors (Lipinski definition) is 6. The molecule has 1 aliphatic heterocycles. The Balaban J connectivity index is 1.26. The Morgan fingerprint density at radius 1 is 1.08 bits per heavy atom. The lowest BCUT2D eigenvalue weighted by Gasteiger charge is -2.21. The summed E-state index contributed by atoms with van der Waals surface area (Å²) in [6.45, 7) is 0.239. The SMILES string of the molecule is O=C(CCc1ccnc(-c2ccc(OC(F)(F)F)cc2)c1)C1CCCN1S(=O)(=O)c1cc2ccccc2o1. The number of Topliss-reactive ketones (excluding diaryl/α,β-unsaturated/α-hetero) is 1. The van der Waals surface area contributed by atoms with Crippen LogP contribution in [0.5, 0.6) is 5.75 Å². The van der Waals surface area contributed by atoms with Crippen molar-refractivity contribution in [3.8, 4) is 17.0 Å². The first-order valence-corrected chi connectivity index (χ1v) is 13.4. The summed E-state index contributed by atoms with van der Waals surface area (Å²) in [4.78, 5) is 17.4. The number of ketones is 1. The highest BCUT2D eigenvalue weighted by Crippen LogP contribution is 2.31. The molecule has 0 radical (unpaired) electrons. The van der Waals surface area contributed by atoms with E-state index in [1.54, 1.807) is 42.6 Å². The van der Waals surface area contributed by atoms with Crippen molar-refractivity contribution < 1.29 is 35.5 Å². The van der Waals surface area contributed by atoms with Crippen molar-refractivity contribution in [2.24, 2.45) is 0 Å². The van der Waals surface area contributed by atoms with Gasteiger partial charge in [0.05, 0.1) is 11.7 Å². The van der Waals surface area contributed by atoms with Gasteiger partial charge in [-0.25, -0.2) is 8.42 Å². The van der Waals surface area contributed by atoms with Crippen molar-refractivity contribution in [1.29, 1.82) is 0 Å². The molecule has 0 amide bonds. The summed E-state index contributed by atoms with van der Waals surface area (Å²) in [5, 5.41) is 0.494. The van der Waals surface area contributed by atoms with Gasteiger partial charge in [0.25, 0.3) is 10.0 Å². The standard InChI is InChI=1S/C27H23F3N2O5S/c28-27(29,30)37-21-10-8-19(9-11-21)22-16-18(13-14-31-22)7-12-24(33)23-5-3-15-32(23)38(34,35)26-17-20-4-1-2-6-25(20)36-26/h1-2,4,6,8-11,13-14,16-17,23H,3,5,7,12,15H2. The quantitative estimate of drug-likeness (QED) is 0.281. The number of carbonyl (C=O) groups excluding carboxylic acids is 1. The third-order valence-corrected chi connectivity index (χ3v) is 8.17. The molecule has 4 aromatic rings. The number of hydrogen-bond donors (Lipinski definition) is 0. The van der Waals surface area contributed by atoms with Crippen LogP contribution in [0.2, 0.25) is 0 Å². The van der Waals surface area contributed by atoms with Gasteiger partial charge in [-0.15, -0.1) is 13.2 Å². The zero-order valence-corrected chi connectivity index (χ0v) is 20.8. The maximum absolute atomic E-state index is 13.3. The number of benzene rings is 2. The molecule has 2 aromatic heterocycles. The molecule has 11 heteroatoms. The molecule has 2 aromatic carbocycles. The smallest absolute Gasteiger partial charge is 0.443 e. The summed E-state index contributed by atoms with van der Waals surface area (Å²) in [6, 6.07) is 16.6. The molecule has 1 fully saturated rings. The maximum Gasteiger partial charge on any atom is 0.573 e. The van der Waals surface area contributed by atoms with E-state index in [0.717, 1.165) is 5.56 Å². The van der Waals surface area contributed by atoms with Crippen molar-refractivity contribution in [3.63, 3.8) is 0 Å². The number of carbonyl (C=O) groups is 1. The Hall–Kier alpha value is -3.70. The maximum atomic E-state index is 13.3. The predicted molar refractivity (Wildman–Crippen MR) is 133 cm³/mol. The largest absolute Gasteiger partial charge is 0.573 e. The summed E-state index contributed by atoms with van der Waals surface area (Å²) in [5.74, 6) is -0.518. The number of ether oxygens (including phenoxy) is 1. The second-order valence-corrected chi connectivity index (χ2v) is 10.8. The summed E-state index contributed by atoms with van der Waals surface area (Å²) in [7, 11) is -3.98. The van der Waals surface area contributed by atoms with Gasteiger partial charge < -0.3 is 9.15 Å². The van der Waals surface area contributed by atoms with Crippen LogP contribution in [-0.4, -0.2) is 42.4 Å². The molecule has 0 spiro atoms. The number of fused-ring (bicyclic) bond motifs is 1. The Bertz CT molecular complexity index is 1530. The number of alkyl halides is 3. The number of para-hydroxylation sites is 1. The zero-order chi connectivity index (χ0) is 26.9. The van der Waals surface area contributed by atoms with E-state index in [2.05, 4.69) is 9.72 Å². The Morgan fingerprint density at radius 2 is 1.84 bits per heavy atom. The van der Waals surface area contributed by atoms with Gasteiger partial charge in [0.1, 0.15) is 11.3 Å².